The first-order valence-corrected chi connectivity index (χ1v) is 4.61. The molecule has 0 saturated heterocycles. The van der Waals surface area contributed by atoms with Crippen molar-refractivity contribution in [1.82, 2.24) is 4.57 Å². The molecule has 16 heavy (non-hydrogen) atoms. The summed E-state index contributed by atoms with van der Waals surface area (Å²) in [7, 11) is 0. The molecule has 0 aliphatic rings. The fourth-order valence-electron chi connectivity index (χ4n) is 1.44. The van der Waals surface area contributed by atoms with Crippen LogP contribution in [-0.4, -0.2) is 4.57 Å². The van der Waals surface area contributed by atoms with Gasteiger partial charge in [-0.15, -0.1) is 0 Å². The third kappa shape index (κ3) is 1.75. The Morgan fingerprint density at radius 1 is 1.19 bits per heavy atom. The lowest BCUT2D eigenvalue weighted by Gasteiger charge is -2.07. The number of pyridine rings is 1. The van der Waals surface area contributed by atoms with E-state index in [9.17, 15) is 9.18 Å². The number of anilines is 2. The van der Waals surface area contributed by atoms with Crippen LogP contribution in [0.5, 0.6) is 0 Å². The van der Waals surface area contributed by atoms with Gasteiger partial charge in [0.05, 0.1) is 11.4 Å². The smallest absolute Gasteiger partial charge is 0.278 e. The molecule has 4 nitrogen and oxygen atoms in total. The Labute approximate surface area is 90.9 Å². The molecule has 82 valence electrons. The van der Waals surface area contributed by atoms with Gasteiger partial charge in [0.1, 0.15) is 11.5 Å². The molecule has 0 aliphatic heterocycles. The number of aromatic nitrogens is 1. The second-order valence-electron chi connectivity index (χ2n) is 3.38. The average molecular weight is 219 g/mol. The van der Waals surface area contributed by atoms with Crippen LogP contribution in [-0.2, 0) is 0 Å². The third-order valence-electron chi connectivity index (χ3n) is 2.15. The molecule has 1 aromatic heterocycles. The summed E-state index contributed by atoms with van der Waals surface area (Å²) in [4.78, 5) is 11.7. The van der Waals surface area contributed by atoms with Gasteiger partial charge in [-0.1, -0.05) is 6.07 Å². The van der Waals surface area contributed by atoms with Crippen LogP contribution in [0.2, 0.25) is 0 Å². The van der Waals surface area contributed by atoms with Crippen LogP contribution in [0, 0.1) is 5.82 Å². The van der Waals surface area contributed by atoms with Crippen LogP contribution in [0.1, 0.15) is 0 Å². The second kappa shape index (κ2) is 3.69. The first-order chi connectivity index (χ1) is 7.58. The molecule has 0 amide bonds. The van der Waals surface area contributed by atoms with Gasteiger partial charge in [-0.25, -0.2) is 4.39 Å². The predicted molar refractivity (Wildman–Crippen MR) is 60.8 cm³/mol. The number of benzene rings is 1. The Bertz CT molecular complexity index is 592. The van der Waals surface area contributed by atoms with Gasteiger partial charge >= 0.3 is 0 Å². The van der Waals surface area contributed by atoms with E-state index in [1.807, 2.05) is 0 Å². The van der Waals surface area contributed by atoms with Crippen molar-refractivity contribution in [2.75, 3.05) is 11.5 Å². The minimum absolute atomic E-state index is 0.0317. The molecule has 1 heterocycles. The topological polar surface area (TPSA) is 74.0 Å². The van der Waals surface area contributed by atoms with Gasteiger partial charge < -0.3 is 11.5 Å². The van der Waals surface area contributed by atoms with Crippen molar-refractivity contribution in [2.45, 2.75) is 0 Å². The zero-order valence-electron chi connectivity index (χ0n) is 8.35. The Morgan fingerprint density at radius 2 is 1.94 bits per heavy atom. The quantitative estimate of drug-likeness (QED) is 0.755. The maximum Gasteiger partial charge on any atom is 0.278 e. The first-order valence-electron chi connectivity index (χ1n) is 4.61. The summed E-state index contributed by atoms with van der Waals surface area (Å²) < 4.78 is 14.2. The lowest BCUT2D eigenvalue weighted by Crippen LogP contribution is -2.21. The molecule has 1 aromatic carbocycles. The molecule has 5 heteroatoms. The molecule has 0 unspecified atom stereocenters. The summed E-state index contributed by atoms with van der Waals surface area (Å²) in [6.45, 7) is 0. The van der Waals surface area contributed by atoms with E-state index >= 15 is 0 Å². The van der Waals surface area contributed by atoms with Crippen molar-refractivity contribution in [2.24, 2.45) is 0 Å². The highest BCUT2D eigenvalue weighted by Crippen LogP contribution is 2.11. The summed E-state index contributed by atoms with van der Waals surface area (Å²) in [5.74, 6) is -0.426. The van der Waals surface area contributed by atoms with Crippen molar-refractivity contribution < 1.29 is 4.39 Å². The van der Waals surface area contributed by atoms with Crippen molar-refractivity contribution >= 4 is 11.4 Å². The zero-order valence-corrected chi connectivity index (χ0v) is 8.35. The Morgan fingerprint density at radius 3 is 2.62 bits per heavy atom. The van der Waals surface area contributed by atoms with Crippen LogP contribution < -0.4 is 17.0 Å². The van der Waals surface area contributed by atoms with E-state index in [0.717, 1.165) is 0 Å². The van der Waals surface area contributed by atoms with Gasteiger partial charge in [-0.05, 0) is 24.3 Å². The molecule has 0 saturated carbocycles. The van der Waals surface area contributed by atoms with Gasteiger partial charge in [-0.2, -0.15) is 0 Å². The van der Waals surface area contributed by atoms with E-state index in [4.69, 9.17) is 11.5 Å². The molecule has 0 fully saturated rings. The average Bonchev–Trinajstić information content (AvgIpc) is 2.23. The molecule has 0 bridgehead atoms. The molecular formula is C11H10FN3O. The number of hydrogen-bond acceptors (Lipinski definition) is 3. The summed E-state index contributed by atoms with van der Waals surface area (Å²) in [6, 6.07) is 7.02. The van der Waals surface area contributed by atoms with E-state index in [-0.39, 0.29) is 5.69 Å². The van der Waals surface area contributed by atoms with Crippen LogP contribution in [0.25, 0.3) is 5.69 Å². The highest BCUT2D eigenvalue weighted by molar-refractivity contribution is 5.51. The first kappa shape index (κ1) is 10.2. The maximum atomic E-state index is 13.0. The van der Waals surface area contributed by atoms with Crippen LogP contribution in [0.4, 0.5) is 15.8 Å². The minimum atomic E-state index is -0.426. The second-order valence-corrected chi connectivity index (χ2v) is 3.38. The van der Waals surface area contributed by atoms with Crippen molar-refractivity contribution in [1.29, 1.82) is 0 Å². The maximum absolute atomic E-state index is 13.0. The van der Waals surface area contributed by atoms with E-state index in [2.05, 4.69) is 0 Å². The fourth-order valence-corrected chi connectivity index (χ4v) is 1.44. The largest absolute Gasteiger partial charge is 0.397 e. The zero-order chi connectivity index (χ0) is 11.7. The lowest BCUT2D eigenvalue weighted by molar-refractivity contribution is 0.626. The highest BCUT2D eigenvalue weighted by atomic mass is 19.1. The van der Waals surface area contributed by atoms with Gasteiger partial charge in [0.15, 0.2) is 0 Å². The Kier molecular flexibility index (Phi) is 2.36. The molecule has 0 radical (unpaired) electrons. The molecule has 2 rings (SSSR count). The van der Waals surface area contributed by atoms with Crippen molar-refractivity contribution in [3.8, 4) is 5.69 Å². The Hall–Kier alpha value is -2.30. The lowest BCUT2D eigenvalue weighted by atomic mass is 10.3. The number of nitrogen functional groups attached to an aromatic ring is 2. The number of halogens is 1. The Balaban J connectivity index is 2.69. The monoisotopic (exact) mass is 219 g/mol. The molecular weight excluding hydrogens is 209 g/mol. The predicted octanol–water partition coefficient (Wildman–Crippen LogP) is 1.14. The summed E-state index contributed by atoms with van der Waals surface area (Å²) in [5, 5.41) is 0. The number of rotatable bonds is 1. The van der Waals surface area contributed by atoms with E-state index in [0.29, 0.717) is 11.4 Å². The van der Waals surface area contributed by atoms with Crippen LogP contribution in [0.3, 0.4) is 0 Å². The summed E-state index contributed by atoms with van der Waals surface area (Å²) in [6.07, 6.45) is 1.41. The number of nitrogens with two attached hydrogens (primary N) is 2. The SMILES string of the molecule is Nc1cc(N)c(=O)n(-c2cccc(F)c2)c1. The normalized spacial score (nSPS) is 10.3. The number of hydrogen-bond donors (Lipinski definition) is 2. The van der Waals surface area contributed by atoms with Crippen LogP contribution >= 0.6 is 0 Å². The highest BCUT2D eigenvalue weighted by Gasteiger charge is 2.04. The van der Waals surface area contributed by atoms with Gasteiger partial charge in [0.2, 0.25) is 0 Å². The van der Waals surface area contributed by atoms with E-state index < -0.39 is 11.4 Å². The van der Waals surface area contributed by atoms with Crippen molar-refractivity contribution in [3.63, 3.8) is 0 Å². The van der Waals surface area contributed by atoms with Gasteiger partial charge in [0.25, 0.3) is 5.56 Å². The minimum Gasteiger partial charge on any atom is -0.397 e. The van der Waals surface area contributed by atoms with Crippen molar-refractivity contribution in [3.05, 3.63) is 52.7 Å². The standard InChI is InChI=1S/C11H10FN3O/c12-7-2-1-3-9(4-7)15-6-8(13)5-10(14)11(15)16/h1-6H,13-14H2. The van der Waals surface area contributed by atoms with Gasteiger partial charge in [-0.3, -0.25) is 9.36 Å². The third-order valence-corrected chi connectivity index (χ3v) is 2.15. The summed E-state index contributed by atoms with van der Waals surface area (Å²) >= 11 is 0. The molecule has 4 N–H and O–H groups in total. The molecule has 0 aliphatic carbocycles. The van der Waals surface area contributed by atoms with E-state index in [1.54, 1.807) is 6.07 Å². The van der Waals surface area contributed by atoms with E-state index in [1.165, 1.54) is 35.0 Å². The number of nitrogens with zero attached hydrogens (tertiary/aromatic N) is 1. The molecule has 0 spiro atoms. The summed E-state index contributed by atoms with van der Waals surface area (Å²) in [5.41, 5.74) is 11.4. The molecule has 2 aromatic rings. The fraction of sp³-hybridized carbons (Fsp3) is 0. The molecule has 0 atom stereocenters. The van der Waals surface area contributed by atoms with Gasteiger partial charge in [0, 0.05) is 6.20 Å². The van der Waals surface area contributed by atoms with Crippen LogP contribution in [0.15, 0.2) is 41.3 Å².